The Bertz CT molecular complexity index is 1850. The molecule has 198 valence electrons. The first kappa shape index (κ1) is 24.1. The van der Waals surface area contributed by atoms with Crippen molar-refractivity contribution < 1.29 is 14.2 Å². The van der Waals surface area contributed by atoms with Crippen LogP contribution in [0.3, 0.4) is 0 Å². The van der Waals surface area contributed by atoms with Crippen LogP contribution in [0.4, 0.5) is 0 Å². The van der Waals surface area contributed by atoms with Crippen LogP contribution in [0.25, 0.3) is 11.3 Å². The van der Waals surface area contributed by atoms with Gasteiger partial charge in [-0.1, -0.05) is 23.7 Å². The van der Waals surface area contributed by atoms with Crippen LogP contribution in [0.15, 0.2) is 79.4 Å². The van der Waals surface area contributed by atoms with E-state index in [1.807, 2.05) is 73.8 Å². The van der Waals surface area contributed by atoms with Crippen LogP contribution in [-0.2, 0) is 6.61 Å². The van der Waals surface area contributed by atoms with Crippen LogP contribution in [0.2, 0.25) is 5.02 Å². The van der Waals surface area contributed by atoms with E-state index < -0.39 is 0 Å². The minimum Gasteiger partial charge on any atom is -0.497 e. The fraction of sp³-hybridized carbons (Fsp3) is 0.138. The summed E-state index contributed by atoms with van der Waals surface area (Å²) in [5.41, 5.74) is 4.84. The lowest BCUT2D eigenvalue weighted by atomic mass is 9.85. The maximum Gasteiger partial charge on any atom is 0.230 e. The Balaban J connectivity index is 1.33. The number of hydrogen-bond donors (Lipinski definition) is 0. The van der Waals surface area contributed by atoms with Gasteiger partial charge in [-0.15, -0.1) is 5.10 Å². The summed E-state index contributed by atoms with van der Waals surface area (Å²) in [6.07, 6.45) is 5.18. The molecular formula is C29H22ClN7O3. The fourth-order valence-corrected chi connectivity index (χ4v) is 5.15. The van der Waals surface area contributed by atoms with Crippen LogP contribution in [0, 0.1) is 6.92 Å². The predicted molar refractivity (Wildman–Crippen MR) is 147 cm³/mol. The molecular weight excluding hydrogens is 530 g/mol. The lowest BCUT2D eigenvalue weighted by molar-refractivity contribution is 0.295. The van der Waals surface area contributed by atoms with E-state index in [-0.39, 0.29) is 12.5 Å². The fourth-order valence-electron chi connectivity index (χ4n) is 4.97. The van der Waals surface area contributed by atoms with Gasteiger partial charge in [0.25, 0.3) is 0 Å². The van der Waals surface area contributed by atoms with E-state index >= 15 is 0 Å². The molecule has 0 bridgehead atoms. The Morgan fingerprint density at radius 1 is 1.00 bits per heavy atom. The maximum absolute atomic E-state index is 6.45. The smallest absolute Gasteiger partial charge is 0.230 e. The third kappa shape index (κ3) is 4.09. The number of halogens is 1. The molecule has 0 saturated carbocycles. The van der Waals surface area contributed by atoms with Crippen molar-refractivity contribution in [1.82, 2.24) is 34.3 Å². The zero-order chi connectivity index (χ0) is 27.2. The number of hydrogen-bond acceptors (Lipinski definition) is 8. The molecule has 40 heavy (non-hydrogen) atoms. The summed E-state index contributed by atoms with van der Waals surface area (Å²) < 4.78 is 21.0. The number of fused-ring (bicyclic) bond motifs is 4. The normalized spacial score (nSPS) is 13.9. The van der Waals surface area contributed by atoms with Crippen LogP contribution < -0.4 is 14.2 Å². The Hall–Kier alpha value is -4.96. The third-order valence-electron chi connectivity index (χ3n) is 6.76. The van der Waals surface area contributed by atoms with Gasteiger partial charge >= 0.3 is 0 Å². The van der Waals surface area contributed by atoms with Crippen molar-refractivity contribution in [2.75, 3.05) is 7.11 Å². The molecule has 2 aromatic carbocycles. The lowest BCUT2D eigenvalue weighted by Gasteiger charge is -2.26. The molecule has 7 rings (SSSR count). The molecule has 11 heteroatoms. The molecule has 10 nitrogen and oxygen atoms in total. The summed E-state index contributed by atoms with van der Waals surface area (Å²) in [6.45, 7) is 2.14. The molecule has 1 atom stereocenters. The second-order valence-corrected chi connectivity index (χ2v) is 9.68. The van der Waals surface area contributed by atoms with Crippen molar-refractivity contribution in [1.29, 1.82) is 0 Å². The average molecular weight is 552 g/mol. The topological polar surface area (TPSA) is 101 Å². The zero-order valence-corrected chi connectivity index (χ0v) is 22.3. The Morgan fingerprint density at radius 2 is 1.85 bits per heavy atom. The number of nitrogens with zero attached hydrogens (tertiary/aromatic N) is 7. The largest absolute Gasteiger partial charge is 0.497 e. The molecule has 0 aliphatic carbocycles. The number of rotatable bonds is 6. The maximum atomic E-state index is 6.45. The van der Waals surface area contributed by atoms with Crippen LogP contribution >= 0.6 is 11.6 Å². The van der Waals surface area contributed by atoms with Gasteiger partial charge in [0.05, 0.1) is 35.5 Å². The second-order valence-electron chi connectivity index (χ2n) is 9.24. The molecule has 6 aromatic rings. The standard InChI is InChI=1S/C29H22ClN7O3/c1-17-24-25(18-5-4-12-31-14-18)26-27-33-23(15-39-22-10-8-21(38-2)9-11-22)35-36(27)16-32-28(26)40-29(24)37(34-17)20-7-3-6-19(30)13-20/h3-14,16,25H,15H2,1-2H3/t25-/m0/s1. The molecule has 4 aromatic heterocycles. The highest BCUT2D eigenvalue weighted by molar-refractivity contribution is 6.30. The monoisotopic (exact) mass is 551 g/mol. The van der Waals surface area contributed by atoms with Gasteiger partial charge in [0, 0.05) is 17.4 Å². The predicted octanol–water partition coefficient (Wildman–Crippen LogP) is 5.54. The zero-order valence-electron chi connectivity index (χ0n) is 21.5. The average Bonchev–Trinajstić information content (AvgIpc) is 3.56. The van der Waals surface area contributed by atoms with Crippen molar-refractivity contribution in [3.63, 3.8) is 0 Å². The van der Waals surface area contributed by atoms with Crippen molar-refractivity contribution in [3.05, 3.63) is 113 Å². The van der Waals surface area contributed by atoms with Gasteiger partial charge in [0.15, 0.2) is 11.5 Å². The van der Waals surface area contributed by atoms with Crippen molar-refractivity contribution in [2.45, 2.75) is 19.4 Å². The van der Waals surface area contributed by atoms with Crippen molar-refractivity contribution in [2.24, 2.45) is 0 Å². The number of aryl methyl sites for hydroxylation is 1. The first-order chi connectivity index (χ1) is 19.6. The summed E-state index contributed by atoms with van der Waals surface area (Å²) in [7, 11) is 1.63. The van der Waals surface area contributed by atoms with Gasteiger partial charge in [0.1, 0.15) is 24.4 Å². The van der Waals surface area contributed by atoms with Gasteiger partial charge in [-0.25, -0.2) is 19.2 Å². The Labute approximate surface area is 233 Å². The summed E-state index contributed by atoms with van der Waals surface area (Å²) in [4.78, 5) is 13.9. The van der Waals surface area contributed by atoms with Crippen LogP contribution in [0.5, 0.6) is 23.3 Å². The van der Waals surface area contributed by atoms with Crippen LogP contribution in [-0.4, -0.2) is 41.5 Å². The molecule has 0 fully saturated rings. The van der Waals surface area contributed by atoms with Crippen molar-refractivity contribution in [3.8, 4) is 28.9 Å². The first-order valence-electron chi connectivity index (χ1n) is 12.5. The van der Waals surface area contributed by atoms with E-state index in [0.717, 1.165) is 33.8 Å². The highest BCUT2D eigenvalue weighted by Crippen LogP contribution is 2.49. The number of benzene rings is 2. The molecule has 0 N–H and O–H groups in total. The SMILES string of the molecule is COc1ccc(OCc2nc3c4c(ncn3n2)Oc2c(c(C)nn2-c2cccc(Cl)c2)[C@@H]4c2cccnc2)cc1. The van der Waals surface area contributed by atoms with E-state index in [2.05, 4.69) is 15.1 Å². The van der Waals surface area contributed by atoms with Gasteiger partial charge in [-0.05, 0) is 61.0 Å². The highest BCUT2D eigenvalue weighted by Gasteiger charge is 2.38. The van der Waals surface area contributed by atoms with E-state index in [1.54, 1.807) is 28.8 Å². The quantitative estimate of drug-likeness (QED) is 0.265. The van der Waals surface area contributed by atoms with E-state index in [9.17, 15) is 0 Å². The lowest BCUT2D eigenvalue weighted by Crippen LogP contribution is -2.16. The number of aromatic nitrogens is 7. The molecule has 1 aliphatic rings. The van der Waals surface area contributed by atoms with Crippen LogP contribution in [0.1, 0.15) is 34.1 Å². The minimum atomic E-state index is -0.295. The van der Waals surface area contributed by atoms with E-state index in [0.29, 0.717) is 34.0 Å². The molecule has 0 radical (unpaired) electrons. The van der Waals surface area contributed by atoms with Gasteiger partial charge in [-0.3, -0.25) is 4.98 Å². The molecule has 0 unspecified atom stereocenters. The molecule has 0 saturated heterocycles. The Morgan fingerprint density at radius 3 is 2.62 bits per heavy atom. The molecule has 0 amide bonds. The number of pyridine rings is 1. The van der Waals surface area contributed by atoms with Gasteiger partial charge in [0.2, 0.25) is 11.8 Å². The first-order valence-corrected chi connectivity index (χ1v) is 12.9. The highest BCUT2D eigenvalue weighted by atomic mass is 35.5. The number of ether oxygens (including phenoxy) is 3. The van der Waals surface area contributed by atoms with E-state index in [1.165, 1.54) is 0 Å². The van der Waals surface area contributed by atoms with E-state index in [4.69, 9.17) is 35.9 Å². The second kappa shape index (κ2) is 9.65. The summed E-state index contributed by atoms with van der Waals surface area (Å²) in [5.74, 6) is 2.65. The van der Waals surface area contributed by atoms with Gasteiger partial charge < -0.3 is 14.2 Å². The number of methoxy groups -OCH3 is 1. The van der Waals surface area contributed by atoms with Gasteiger partial charge in [-0.2, -0.15) is 5.10 Å². The Kier molecular flexibility index (Phi) is 5.82. The molecule has 5 heterocycles. The summed E-state index contributed by atoms with van der Waals surface area (Å²) >= 11 is 6.30. The third-order valence-corrected chi connectivity index (χ3v) is 7.00. The summed E-state index contributed by atoms with van der Waals surface area (Å²) in [5, 5.41) is 10.1. The summed E-state index contributed by atoms with van der Waals surface area (Å²) in [6, 6.07) is 18.8. The molecule has 0 spiro atoms. The minimum absolute atomic E-state index is 0.179. The van der Waals surface area contributed by atoms with Crippen molar-refractivity contribution >= 4 is 17.2 Å². The molecule has 1 aliphatic heterocycles.